The van der Waals surface area contributed by atoms with Crippen molar-refractivity contribution < 1.29 is 22.7 Å². The second-order valence-electron chi connectivity index (χ2n) is 5.40. The maximum Gasteiger partial charge on any atom is 0.246 e. The van der Waals surface area contributed by atoms with Crippen LogP contribution < -0.4 is 9.47 Å². The third-order valence-corrected chi connectivity index (χ3v) is 5.69. The lowest BCUT2D eigenvalue weighted by Crippen LogP contribution is -2.49. The molecule has 0 aromatic heterocycles. The fraction of sp³-hybridized carbons (Fsp3) is 0.533. The van der Waals surface area contributed by atoms with Gasteiger partial charge in [-0.3, -0.25) is 9.69 Å². The molecule has 0 saturated carbocycles. The molecule has 0 spiro atoms. The Kier molecular flexibility index (Phi) is 5.61. The van der Waals surface area contributed by atoms with E-state index in [1.807, 2.05) is 4.90 Å². The molecule has 7 nitrogen and oxygen atoms in total. The Balaban J connectivity index is 2.21. The van der Waals surface area contributed by atoms with Crippen LogP contribution in [0.25, 0.3) is 0 Å². The number of Topliss-reactive ketones (excluding diaryl/α,β-unsaturated/α-hetero) is 1. The Morgan fingerprint density at radius 2 is 1.78 bits per heavy atom. The van der Waals surface area contributed by atoms with Gasteiger partial charge in [-0.05, 0) is 19.1 Å². The van der Waals surface area contributed by atoms with Crippen molar-refractivity contribution in [1.82, 2.24) is 9.21 Å². The molecule has 1 aliphatic rings. The number of piperazine rings is 1. The number of sulfonamides is 1. The third-order valence-electron chi connectivity index (χ3n) is 3.77. The van der Waals surface area contributed by atoms with E-state index < -0.39 is 10.0 Å². The molecule has 2 rings (SSSR count). The Hall–Kier alpha value is -1.64. The van der Waals surface area contributed by atoms with E-state index in [1.165, 1.54) is 31.5 Å². The van der Waals surface area contributed by atoms with E-state index in [0.717, 1.165) is 0 Å². The highest BCUT2D eigenvalue weighted by molar-refractivity contribution is 7.89. The number of nitrogens with zero attached hydrogens (tertiary/aromatic N) is 2. The molecule has 0 radical (unpaired) electrons. The van der Waals surface area contributed by atoms with Gasteiger partial charge in [0.15, 0.2) is 0 Å². The van der Waals surface area contributed by atoms with Gasteiger partial charge in [0.05, 0.1) is 20.8 Å². The Morgan fingerprint density at radius 3 is 2.30 bits per heavy atom. The molecule has 0 atom stereocenters. The smallest absolute Gasteiger partial charge is 0.246 e. The molecule has 1 aliphatic heterocycles. The zero-order valence-corrected chi connectivity index (χ0v) is 14.4. The highest BCUT2D eigenvalue weighted by Gasteiger charge is 2.31. The van der Waals surface area contributed by atoms with Crippen LogP contribution in [0.4, 0.5) is 0 Å². The molecule has 0 N–H and O–H groups in total. The average molecular weight is 342 g/mol. The maximum atomic E-state index is 12.9. The van der Waals surface area contributed by atoms with Gasteiger partial charge in [0, 0.05) is 32.2 Å². The standard InChI is InChI=1S/C15H22N2O5S/c1-12(18)11-16-6-8-17(9-7-16)23(19,20)15-10-13(21-2)4-5-14(15)22-3/h4-5,10H,6-9,11H2,1-3H3. The second kappa shape index (κ2) is 7.29. The minimum Gasteiger partial charge on any atom is -0.497 e. The normalized spacial score (nSPS) is 17.0. The van der Waals surface area contributed by atoms with E-state index in [2.05, 4.69) is 0 Å². The molecule has 0 bridgehead atoms. The lowest BCUT2D eigenvalue weighted by molar-refractivity contribution is -0.118. The Bertz CT molecular complexity index is 666. The molecule has 1 fully saturated rings. The number of hydrogen-bond donors (Lipinski definition) is 0. The number of carbonyl (C=O) groups is 1. The summed E-state index contributed by atoms with van der Waals surface area (Å²) in [7, 11) is -0.752. The molecule has 1 aromatic rings. The number of methoxy groups -OCH3 is 2. The first-order valence-electron chi connectivity index (χ1n) is 7.32. The van der Waals surface area contributed by atoms with Gasteiger partial charge in [-0.1, -0.05) is 0 Å². The predicted molar refractivity (Wildman–Crippen MR) is 85.4 cm³/mol. The van der Waals surface area contributed by atoms with E-state index in [1.54, 1.807) is 12.1 Å². The fourth-order valence-electron chi connectivity index (χ4n) is 2.57. The van der Waals surface area contributed by atoms with Crippen molar-refractivity contribution in [1.29, 1.82) is 0 Å². The lowest BCUT2D eigenvalue weighted by atomic mass is 10.3. The summed E-state index contributed by atoms with van der Waals surface area (Å²) in [5.74, 6) is 0.826. The molecule has 1 saturated heterocycles. The summed E-state index contributed by atoms with van der Waals surface area (Å²) in [4.78, 5) is 13.2. The van der Waals surface area contributed by atoms with Crippen LogP contribution in [-0.2, 0) is 14.8 Å². The first-order chi connectivity index (χ1) is 10.9. The quantitative estimate of drug-likeness (QED) is 0.753. The molecule has 1 aromatic carbocycles. The summed E-state index contributed by atoms with van der Waals surface area (Å²) < 4.78 is 37.4. The lowest BCUT2D eigenvalue weighted by Gasteiger charge is -2.33. The zero-order valence-electron chi connectivity index (χ0n) is 13.6. The molecular formula is C15H22N2O5S. The van der Waals surface area contributed by atoms with Crippen molar-refractivity contribution in [2.45, 2.75) is 11.8 Å². The second-order valence-corrected chi connectivity index (χ2v) is 7.31. The van der Waals surface area contributed by atoms with Crippen LogP contribution in [0.3, 0.4) is 0 Å². The van der Waals surface area contributed by atoms with Crippen molar-refractivity contribution in [3.05, 3.63) is 18.2 Å². The minimum absolute atomic E-state index is 0.0794. The monoisotopic (exact) mass is 342 g/mol. The van der Waals surface area contributed by atoms with Gasteiger partial charge in [-0.25, -0.2) is 8.42 Å². The topological polar surface area (TPSA) is 76.2 Å². The van der Waals surface area contributed by atoms with Crippen molar-refractivity contribution >= 4 is 15.8 Å². The highest BCUT2D eigenvalue weighted by Crippen LogP contribution is 2.30. The van der Waals surface area contributed by atoms with Crippen LogP contribution >= 0.6 is 0 Å². The van der Waals surface area contributed by atoms with Crippen LogP contribution in [0.15, 0.2) is 23.1 Å². The number of ether oxygens (including phenoxy) is 2. The van der Waals surface area contributed by atoms with Crippen molar-refractivity contribution in [2.24, 2.45) is 0 Å². The van der Waals surface area contributed by atoms with E-state index in [9.17, 15) is 13.2 Å². The van der Waals surface area contributed by atoms with E-state index in [-0.39, 0.29) is 16.4 Å². The van der Waals surface area contributed by atoms with Gasteiger partial charge in [-0.15, -0.1) is 0 Å². The van der Waals surface area contributed by atoms with Crippen LogP contribution in [0.1, 0.15) is 6.92 Å². The molecule has 128 valence electrons. The Morgan fingerprint density at radius 1 is 1.13 bits per heavy atom. The van der Waals surface area contributed by atoms with Crippen LogP contribution in [0.5, 0.6) is 11.5 Å². The molecular weight excluding hydrogens is 320 g/mol. The molecule has 0 aliphatic carbocycles. The van der Waals surface area contributed by atoms with Gasteiger partial charge in [0.2, 0.25) is 10.0 Å². The summed E-state index contributed by atoms with van der Waals surface area (Å²) in [5.41, 5.74) is 0. The molecule has 0 unspecified atom stereocenters. The van der Waals surface area contributed by atoms with Crippen LogP contribution in [-0.4, -0.2) is 70.3 Å². The summed E-state index contributed by atoms with van der Waals surface area (Å²) in [6.07, 6.45) is 0. The molecule has 23 heavy (non-hydrogen) atoms. The van der Waals surface area contributed by atoms with Gasteiger partial charge in [0.1, 0.15) is 22.2 Å². The first-order valence-corrected chi connectivity index (χ1v) is 8.76. The average Bonchev–Trinajstić information content (AvgIpc) is 2.54. The molecule has 8 heteroatoms. The number of hydrogen-bond acceptors (Lipinski definition) is 6. The van der Waals surface area contributed by atoms with Crippen molar-refractivity contribution in [3.63, 3.8) is 0 Å². The molecule has 1 heterocycles. The minimum atomic E-state index is -3.67. The fourth-order valence-corrected chi connectivity index (χ4v) is 4.16. The number of rotatable bonds is 6. The zero-order chi connectivity index (χ0) is 17.0. The van der Waals surface area contributed by atoms with Crippen molar-refractivity contribution in [2.75, 3.05) is 46.9 Å². The number of carbonyl (C=O) groups excluding carboxylic acids is 1. The third kappa shape index (κ3) is 4.01. The maximum absolute atomic E-state index is 12.9. The van der Waals surface area contributed by atoms with Gasteiger partial charge >= 0.3 is 0 Å². The summed E-state index contributed by atoms with van der Waals surface area (Å²) in [6, 6.07) is 4.70. The number of ketones is 1. The van der Waals surface area contributed by atoms with Crippen LogP contribution in [0.2, 0.25) is 0 Å². The summed E-state index contributed by atoms with van der Waals surface area (Å²) in [6.45, 7) is 3.64. The Labute approximate surface area is 136 Å². The SMILES string of the molecule is COc1ccc(OC)c(S(=O)(=O)N2CCN(CC(C)=O)CC2)c1. The van der Waals surface area contributed by atoms with Gasteiger partial charge < -0.3 is 9.47 Å². The van der Waals surface area contributed by atoms with E-state index in [4.69, 9.17) is 9.47 Å². The first kappa shape index (κ1) is 17.7. The largest absolute Gasteiger partial charge is 0.497 e. The van der Waals surface area contributed by atoms with E-state index >= 15 is 0 Å². The highest BCUT2D eigenvalue weighted by atomic mass is 32.2. The number of benzene rings is 1. The van der Waals surface area contributed by atoms with E-state index in [0.29, 0.717) is 38.5 Å². The van der Waals surface area contributed by atoms with Gasteiger partial charge in [0.25, 0.3) is 0 Å². The predicted octanol–water partition coefficient (Wildman–Crippen LogP) is 0.599. The van der Waals surface area contributed by atoms with Crippen molar-refractivity contribution in [3.8, 4) is 11.5 Å². The molecule has 0 amide bonds. The van der Waals surface area contributed by atoms with Crippen LogP contribution in [0, 0.1) is 0 Å². The summed E-state index contributed by atoms with van der Waals surface area (Å²) in [5, 5.41) is 0. The van der Waals surface area contributed by atoms with Gasteiger partial charge in [-0.2, -0.15) is 4.31 Å². The summed E-state index contributed by atoms with van der Waals surface area (Å²) >= 11 is 0.